The standard InChI is InChI=1S/C27H42N2O4/c1-24(2)14-20(26(5,6)28-24)22(30)32-16-18-10-12-19(13-11-18)17-33-23(31)21-15-25(3,4)29(9)27(21,7)8/h10-13,20-21,28H,14-17H2,1-9H3. The molecule has 184 valence electrons. The van der Waals surface area contributed by atoms with Gasteiger partial charge in [0.05, 0.1) is 11.8 Å². The average Bonchev–Trinajstić information content (AvgIpc) is 3.04. The highest BCUT2D eigenvalue weighted by Crippen LogP contribution is 2.44. The van der Waals surface area contributed by atoms with Crippen molar-refractivity contribution in [2.75, 3.05) is 7.05 Å². The van der Waals surface area contributed by atoms with Gasteiger partial charge in [-0.1, -0.05) is 24.3 Å². The maximum atomic E-state index is 12.8. The van der Waals surface area contributed by atoms with Crippen molar-refractivity contribution < 1.29 is 19.1 Å². The van der Waals surface area contributed by atoms with Crippen LogP contribution in [0.1, 0.15) is 79.4 Å². The Hall–Kier alpha value is -1.92. The van der Waals surface area contributed by atoms with Crippen molar-refractivity contribution in [3.05, 3.63) is 35.4 Å². The van der Waals surface area contributed by atoms with Gasteiger partial charge in [-0.05, 0) is 86.4 Å². The zero-order valence-electron chi connectivity index (χ0n) is 21.9. The van der Waals surface area contributed by atoms with Gasteiger partial charge in [-0.3, -0.25) is 14.5 Å². The summed E-state index contributed by atoms with van der Waals surface area (Å²) in [7, 11) is 2.07. The molecule has 0 saturated carbocycles. The van der Waals surface area contributed by atoms with Crippen LogP contribution in [0.5, 0.6) is 0 Å². The first-order valence-corrected chi connectivity index (χ1v) is 12.0. The number of carbonyl (C=O) groups is 2. The molecule has 1 aromatic rings. The lowest BCUT2D eigenvalue weighted by Crippen LogP contribution is -2.48. The number of likely N-dealkylation sites (tertiary alicyclic amines) is 1. The highest BCUT2D eigenvalue weighted by molar-refractivity contribution is 5.75. The highest BCUT2D eigenvalue weighted by Gasteiger charge is 2.53. The summed E-state index contributed by atoms with van der Waals surface area (Å²) in [5.74, 6) is -0.639. The Kier molecular flexibility index (Phi) is 6.77. The van der Waals surface area contributed by atoms with Crippen LogP contribution in [-0.4, -0.2) is 46.0 Å². The maximum Gasteiger partial charge on any atom is 0.311 e. The molecule has 3 rings (SSSR count). The second-order valence-corrected chi connectivity index (χ2v) is 12.3. The molecule has 2 aliphatic rings. The van der Waals surface area contributed by atoms with E-state index in [9.17, 15) is 9.59 Å². The summed E-state index contributed by atoms with van der Waals surface area (Å²) in [6.07, 6.45) is 1.54. The van der Waals surface area contributed by atoms with Crippen LogP contribution in [-0.2, 0) is 32.3 Å². The van der Waals surface area contributed by atoms with Crippen LogP contribution in [0.4, 0.5) is 0 Å². The third kappa shape index (κ3) is 5.43. The zero-order valence-corrected chi connectivity index (χ0v) is 21.9. The van der Waals surface area contributed by atoms with Crippen molar-refractivity contribution >= 4 is 11.9 Å². The molecule has 2 atom stereocenters. The summed E-state index contributed by atoms with van der Waals surface area (Å²) < 4.78 is 11.3. The molecule has 0 bridgehead atoms. The van der Waals surface area contributed by atoms with E-state index >= 15 is 0 Å². The summed E-state index contributed by atoms with van der Waals surface area (Å²) in [5.41, 5.74) is 1.20. The first-order chi connectivity index (χ1) is 15.1. The molecule has 2 saturated heterocycles. The molecule has 0 aromatic heterocycles. The van der Waals surface area contributed by atoms with E-state index in [0.717, 1.165) is 24.0 Å². The molecule has 2 fully saturated rings. The quantitative estimate of drug-likeness (QED) is 0.636. The fourth-order valence-corrected chi connectivity index (χ4v) is 5.67. The maximum absolute atomic E-state index is 12.8. The number of esters is 2. The monoisotopic (exact) mass is 458 g/mol. The number of ether oxygens (including phenoxy) is 2. The van der Waals surface area contributed by atoms with Gasteiger partial charge in [0.25, 0.3) is 0 Å². The van der Waals surface area contributed by atoms with E-state index in [4.69, 9.17) is 9.47 Å². The van der Waals surface area contributed by atoms with Crippen LogP contribution < -0.4 is 5.32 Å². The number of hydrogen-bond acceptors (Lipinski definition) is 6. The topological polar surface area (TPSA) is 67.9 Å². The average molecular weight is 459 g/mol. The molecule has 0 aliphatic carbocycles. The molecule has 0 amide bonds. The van der Waals surface area contributed by atoms with Crippen LogP contribution in [0.2, 0.25) is 0 Å². The predicted molar refractivity (Wildman–Crippen MR) is 129 cm³/mol. The number of nitrogens with one attached hydrogen (secondary N) is 1. The van der Waals surface area contributed by atoms with E-state index in [0.29, 0.717) is 0 Å². The normalized spacial score (nSPS) is 27.3. The Morgan fingerprint density at radius 1 is 0.848 bits per heavy atom. The first kappa shape index (κ1) is 25.7. The van der Waals surface area contributed by atoms with Gasteiger partial charge in [0.2, 0.25) is 0 Å². The second-order valence-electron chi connectivity index (χ2n) is 12.3. The highest BCUT2D eigenvalue weighted by atomic mass is 16.5. The Bertz CT molecular complexity index is 886. The van der Waals surface area contributed by atoms with Crippen molar-refractivity contribution in [2.24, 2.45) is 11.8 Å². The van der Waals surface area contributed by atoms with Crippen molar-refractivity contribution in [1.82, 2.24) is 10.2 Å². The molecule has 2 unspecified atom stereocenters. The summed E-state index contributed by atoms with van der Waals surface area (Å²) in [5, 5.41) is 3.52. The molecule has 2 heterocycles. The molecule has 1 aromatic carbocycles. The summed E-state index contributed by atoms with van der Waals surface area (Å²) in [4.78, 5) is 27.8. The van der Waals surface area contributed by atoms with Gasteiger partial charge >= 0.3 is 11.9 Å². The van der Waals surface area contributed by atoms with Crippen LogP contribution in [0.15, 0.2) is 24.3 Å². The minimum absolute atomic E-state index is 0.0359. The minimum Gasteiger partial charge on any atom is -0.461 e. The van der Waals surface area contributed by atoms with Gasteiger partial charge in [-0.2, -0.15) is 0 Å². The third-order valence-corrected chi connectivity index (χ3v) is 7.93. The van der Waals surface area contributed by atoms with E-state index in [1.165, 1.54) is 0 Å². The molecule has 0 radical (unpaired) electrons. The van der Waals surface area contributed by atoms with Crippen LogP contribution in [0.25, 0.3) is 0 Å². The lowest BCUT2D eigenvalue weighted by molar-refractivity contribution is -0.153. The van der Waals surface area contributed by atoms with E-state index in [-0.39, 0.29) is 59.1 Å². The fraction of sp³-hybridized carbons (Fsp3) is 0.704. The Morgan fingerprint density at radius 3 is 1.67 bits per heavy atom. The Balaban J connectivity index is 1.51. The number of benzene rings is 1. The van der Waals surface area contributed by atoms with Crippen molar-refractivity contribution in [1.29, 1.82) is 0 Å². The lowest BCUT2D eigenvalue weighted by Gasteiger charge is -2.37. The predicted octanol–water partition coefficient (Wildman–Crippen LogP) is 4.45. The van der Waals surface area contributed by atoms with Gasteiger partial charge in [-0.15, -0.1) is 0 Å². The van der Waals surface area contributed by atoms with Crippen LogP contribution in [0, 0.1) is 11.8 Å². The zero-order chi connectivity index (χ0) is 24.8. The molecule has 2 aliphatic heterocycles. The SMILES string of the molecule is CN1C(C)(C)CC(C(=O)OCc2ccc(COC(=O)C3CC(C)(C)NC3(C)C)cc2)C1(C)C. The van der Waals surface area contributed by atoms with Crippen LogP contribution >= 0.6 is 0 Å². The van der Waals surface area contributed by atoms with Crippen LogP contribution in [0.3, 0.4) is 0 Å². The third-order valence-electron chi connectivity index (χ3n) is 7.93. The summed E-state index contributed by atoms with van der Waals surface area (Å²) in [6.45, 7) is 17.3. The lowest BCUT2D eigenvalue weighted by atomic mass is 9.87. The summed E-state index contributed by atoms with van der Waals surface area (Å²) in [6, 6.07) is 7.70. The van der Waals surface area contributed by atoms with Gasteiger partial charge < -0.3 is 14.8 Å². The van der Waals surface area contributed by atoms with Crippen molar-refractivity contribution in [3.63, 3.8) is 0 Å². The molecule has 1 N–H and O–H groups in total. The van der Waals surface area contributed by atoms with Gasteiger partial charge in [0.15, 0.2) is 0 Å². The van der Waals surface area contributed by atoms with E-state index in [1.807, 2.05) is 24.3 Å². The van der Waals surface area contributed by atoms with Crippen molar-refractivity contribution in [3.8, 4) is 0 Å². The second kappa shape index (κ2) is 8.70. The molecular weight excluding hydrogens is 416 g/mol. The first-order valence-electron chi connectivity index (χ1n) is 12.0. The molecule has 6 heteroatoms. The van der Waals surface area contributed by atoms with E-state index in [2.05, 4.69) is 72.7 Å². The number of nitrogens with zero attached hydrogens (tertiary/aromatic N) is 1. The Labute approximate surface area is 199 Å². The van der Waals surface area contributed by atoms with Crippen molar-refractivity contribution in [2.45, 2.75) is 104 Å². The number of hydrogen-bond donors (Lipinski definition) is 1. The molecule has 33 heavy (non-hydrogen) atoms. The van der Waals surface area contributed by atoms with E-state index in [1.54, 1.807) is 0 Å². The fourth-order valence-electron chi connectivity index (χ4n) is 5.67. The summed E-state index contributed by atoms with van der Waals surface area (Å²) >= 11 is 0. The molecular formula is C27H42N2O4. The minimum atomic E-state index is -0.285. The van der Waals surface area contributed by atoms with Gasteiger partial charge in [-0.25, -0.2) is 0 Å². The number of rotatable bonds is 6. The van der Waals surface area contributed by atoms with Gasteiger partial charge in [0.1, 0.15) is 13.2 Å². The molecule has 6 nitrogen and oxygen atoms in total. The molecule has 0 spiro atoms. The van der Waals surface area contributed by atoms with Gasteiger partial charge in [0, 0.05) is 22.2 Å². The number of carbonyl (C=O) groups excluding carboxylic acids is 2. The smallest absolute Gasteiger partial charge is 0.311 e. The Morgan fingerprint density at radius 2 is 1.30 bits per heavy atom. The largest absolute Gasteiger partial charge is 0.461 e. The van der Waals surface area contributed by atoms with E-state index < -0.39 is 0 Å².